The van der Waals surface area contributed by atoms with Gasteiger partial charge in [0.05, 0.1) is 9.80 Å². The summed E-state index contributed by atoms with van der Waals surface area (Å²) in [6.45, 7) is 0. The fourth-order valence-electron chi connectivity index (χ4n) is 1.31. The molecule has 1 aliphatic heterocycles. The fourth-order valence-corrected chi connectivity index (χ4v) is 2.46. The highest BCUT2D eigenvalue weighted by atomic mass is 32.2. The molecule has 0 saturated heterocycles. The van der Waals surface area contributed by atoms with Crippen LogP contribution in [0.5, 0.6) is 0 Å². The average molecular weight is 283 g/mol. The predicted molar refractivity (Wildman–Crippen MR) is 66.6 cm³/mol. The third-order valence-corrected chi connectivity index (χ3v) is 3.77. The Balaban J connectivity index is 2.27. The number of hydrogen-bond acceptors (Lipinski definition) is 6. The summed E-state index contributed by atoms with van der Waals surface area (Å²) >= 11 is 1.04. The van der Waals surface area contributed by atoms with E-state index < -0.39 is 16.0 Å². The lowest BCUT2D eigenvalue weighted by molar-refractivity contribution is -0.113. The fraction of sp³-hybridized carbons (Fsp3) is 0. The summed E-state index contributed by atoms with van der Waals surface area (Å²) in [6, 6.07) is 5.23. The maximum absolute atomic E-state index is 11.3. The summed E-state index contributed by atoms with van der Waals surface area (Å²) in [5, 5.41) is 0.171. The molecule has 0 saturated carbocycles. The van der Waals surface area contributed by atoms with Gasteiger partial charge in [0.25, 0.3) is 5.91 Å². The van der Waals surface area contributed by atoms with Crippen molar-refractivity contribution >= 4 is 39.0 Å². The predicted octanol–water partition coefficient (Wildman–Crippen LogP) is 0.520. The maximum Gasteiger partial charge on any atom is 0.286 e. The summed E-state index contributed by atoms with van der Waals surface area (Å²) in [6.07, 6.45) is 1.53. The quantitative estimate of drug-likeness (QED) is 0.625. The number of amides is 1. The molecule has 0 bridgehead atoms. The lowest BCUT2D eigenvalue weighted by atomic mass is 10.2. The van der Waals surface area contributed by atoms with E-state index in [9.17, 15) is 17.8 Å². The highest BCUT2D eigenvalue weighted by Crippen LogP contribution is 2.26. The SMILES string of the molecule is NC1=NC(=O)C(=Cc2ccc(S(=O)(=O)[O-])cc2)S1. The zero-order valence-corrected chi connectivity index (χ0v) is 10.5. The van der Waals surface area contributed by atoms with E-state index in [1.165, 1.54) is 30.3 Å². The zero-order chi connectivity index (χ0) is 13.3. The highest BCUT2D eigenvalue weighted by molar-refractivity contribution is 8.18. The van der Waals surface area contributed by atoms with Crippen molar-refractivity contribution in [3.63, 3.8) is 0 Å². The van der Waals surface area contributed by atoms with Gasteiger partial charge >= 0.3 is 0 Å². The first-order chi connectivity index (χ1) is 8.36. The first-order valence-electron chi connectivity index (χ1n) is 4.70. The number of aliphatic imine (C=N–C) groups is 1. The van der Waals surface area contributed by atoms with Crippen LogP contribution in [0.2, 0.25) is 0 Å². The molecule has 8 heteroatoms. The van der Waals surface area contributed by atoms with Gasteiger partial charge in [-0.05, 0) is 35.5 Å². The molecule has 2 rings (SSSR count). The van der Waals surface area contributed by atoms with Crippen LogP contribution in [0.15, 0.2) is 39.1 Å². The largest absolute Gasteiger partial charge is 0.744 e. The van der Waals surface area contributed by atoms with Gasteiger partial charge < -0.3 is 10.3 Å². The molecule has 0 fully saturated rings. The second-order valence-electron chi connectivity index (χ2n) is 3.39. The lowest BCUT2D eigenvalue weighted by Crippen LogP contribution is -2.01. The Bertz CT molecular complexity index is 660. The first-order valence-corrected chi connectivity index (χ1v) is 6.93. The third kappa shape index (κ3) is 2.78. The van der Waals surface area contributed by atoms with Gasteiger partial charge in [0.1, 0.15) is 10.1 Å². The molecule has 0 radical (unpaired) electrons. The van der Waals surface area contributed by atoms with Crippen LogP contribution in [0.1, 0.15) is 5.56 Å². The Morgan fingerprint density at radius 3 is 2.33 bits per heavy atom. The van der Waals surface area contributed by atoms with Gasteiger partial charge in [-0.25, -0.2) is 8.42 Å². The minimum Gasteiger partial charge on any atom is -0.744 e. The Labute approximate surface area is 107 Å². The van der Waals surface area contributed by atoms with Crippen molar-refractivity contribution in [2.45, 2.75) is 4.90 Å². The standard InChI is InChI=1S/C10H8N2O4S2/c11-10-12-9(13)8(17-10)5-6-1-3-7(4-2-6)18(14,15)16/h1-5H,(H2,11,12,13)(H,14,15,16)/p-1. The monoisotopic (exact) mass is 283 g/mol. The average Bonchev–Trinajstić information content (AvgIpc) is 2.57. The maximum atomic E-state index is 11.3. The van der Waals surface area contributed by atoms with E-state index in [0.29, 0.717) is 10.5 Å². The first kappa shape index (κ1) is 12.8. The van der Waals surface area contributed by atoms with Crippen LogP contribution in [0.3, 0.4) is 0 Å². The molecule has 18 heavy (non-hydrogen) atoms. The van der Waals surface area contributed by atoms with Crippen LogP contribution in [0.4, 0.5) is 0 Å². The number of amidine groups is 1. The molecule has 0 aliphatic carbocycles. The normalized spacial score (nSPS) is 18.2. The molecular formula is C10H7N2O4S2-. The molecule has 2 N–H and O–H groups in total. The van der Waals surface area contributed by atoms with Gasteiger partial charge in [-0.2, -0.15) is 4.99 Å². The van der Waals surface area contributed by atoms with Crippen LogP contribution in [-0.2, 0) is 14.9 Å². The number of thioether (sulfide) groups is 1. The summed E-state index contributed by atoms with van der Waals surface area (Å²) in [7, 11) is -4.45. The molecule has 94 valence electrons. The van der Waals surface area contributed by atoms with E-state index in [1.807, 2.05) is 0 Å². The van der Waals surface area contributed by atoms with E-state index >= 15 is 0 Å². The Hall–Kier alpha value is -1.64. The molecule has 0 spiro atoms. The van der Waals surface area contributed by atoms with Crippen LogP contribution in [-0.4, -0.2) is 24.0 Å². The molecule has 1 aliphatic rings. The second-order valence-corrected chi connectivity index (χ2v) is 5.83. The number of carbonyl (C=O) groups is 1. The number of nitrogens with zero attached hydrogens (tertiary/aromatic N) is 1. The van der Waals surface area contributed by atoms with Gasteiger partial charge in [0.15, 0.2) is 5.17 Å². The van der Waals surface area contributed by atoms with Gasteiger partial charge in [-0.1, -0.05) is 12.1 Å². The smallest absolute Gasteiger partial charge is 0.286 e. The molecule has 6 nitrogen and oxygen atoms in total. The summed E-state index contributed by atoms with van der Waals surface area (Å²) in [5.41, 5.74) is 5.97. The summed E-state index contributed by atoms with van der Waals surface area (Å²) in [4.78, 5) is 14.9. The van der Waals surface area contributed by atoms with E-state index in [4.69, 9.17) is 5.73 Å². The van der Waals surface area contributed by atoms with Crippen molar-refractivity contribution in [1.29, 1.82) is 0 Å². The van der Waals surface area contributed by atoms with Crippen molar-refractivity contribution in [3.05, 3.63) is 34.7 Å². The van der Waals surface area contributed by atoms with E-state index in [2.05, 4.69) is 4.99 Å². The third-order valence-electron chi connectivity index (χ3n) is 2.10. The Morgan fingerprint density at radius 2 is 1.89 bits per heavy atom. The van der Waals surface area contributed by atoms with Crippen molar-refractivity contribution in [3.8, 4) is 0 Å². The summed E-state index contributed by atoms with van der Waals surface area (Å²) in [5.74, 6) is -0.432. The number of rotatable bonds is 2. The van der Waals surface area contributed by atoms with Crippen LogP contribution < -0.4 is 5.73 Å². The minimum absolute atomic E-state index is 0.171. The Kier molecular flexibility index (Phi) is 3.24. The molecule has 1 amide bonds. The highest BCUT2D eigenvalue weighted by Gasteiger charge is 2.19. The minimum atomic E-state index is -4.45. The molecule has 0 atom stereocenters. The molecular weight excluding hydrogens is 276 g/mol. The van der Waals surface area contributed by atoms with Gasteiger partial charge in [-0.15, -0.1) is 0 Å². The van der Waals surface area contributed by atoms with Crippen LogP contribution in [0.25, 0.3) is 6.08 Å². The van der Waals surface area contributed by atoms with E-state index in [1.54, 1.807) is 0 Å². The molecule has 1 heterocycles. The van der Waals surface area contributed by atoms with Gasteiger partial charge in [-0.3, -0.25) is 4.79 Å². The van der Waals surface area contributed by atoms with Gasteiger partial charge in [0.2, 0.25) is 0 Å². The molecule has 0 aromatic heterocycles. The van der Waals surface area contributed by atoms with Crippen molar-refractivity contribution < 1.29 is 17.8 Å². The van der Waals surface area contributed by atoms with Crippen molar-refractivity contribution in [2.24, 2.45) is 10.7 Å². The zero-order valence-electron chi connectivity index (χ0n) is 8.86. The van der Waals surface area contributed by atoms with E-state index in [-0.39, 0.29) is 10.1 Å². The van der Waals surface area contributed by atoms with Gasteiger partial charge in [0, 0.05) is 0 Å². The Morgan fingerprint density at radius 1 is 1.28 bits per heavy atom. The number of benzene rings is 1. The summed E-state index contributed by atoms with van der Waals surface area (Å²) < 4.78 is 32.2. The topological polar surface area (TPSA) is 113 Å². The lowest BCUT2D eigenvalue weighted by Gasteiger charge is -2.06. The number of nitrogens with two attached hydrogens (primary N) is 1. The van der Waals surface area contributed by atoms with Crippen molar-refractivity contribution in [1.82, 2.24) is 0 Å². The van der Waals surface area contributed by atoms with Crippen LogP contribution in [0, 0.1) is 0 Å². The van der Waals surface area contributed by atoms with Crippen molar-refractivity contribution in [2.75, 3.05) is 0 Å². The second kappa shape index (κ2) is 4.56. The van der Waals surface area contributed by atoms with Crippen LogP contribution >= 0.6 is 11.8 Å². The van der Waals surface area contributed by atoms with E-state index in [0.717, 1.165) is 11.8 Å². The molecule has 1 aromatic rings. The number of hydrogen-bond donors (Lipinski definition) is 1. The molecule has 1 aromatic carbocycles. The molecule has 0 unspecified atom stereocenters. The number of carbonyl (C=O) groups excluding carboxylic acids is 1.